The van der Waals surface area contributed by atoms with Gasteiger partial charge in [0.2, 0.25) is 0 Å². The number of rotatable bonds is 4. The van der Waals surface area contributed by atoms with Crippen LogP contribution in [0.15, 0.2) is 36.4 Å². The third kappa shape index (κ3) is 2.69. The first-order chi connectivity index (χ1) is 10.6. The van der Waals surface area contributed by atoms with Gasteiger partial charge in [-0.05, 0) is 42.7 Å². The lowest BCUT2D eigenvalue weighted by atomic mass is 9.99. The Morgan fingerprint density at radius 1 is 1.27 bits per heavy atom. The zero-order valence-electron chi connectivity index (χ0n) is 12.4. The fourth-order valence-corrected chi connectivity index (χ4v) is 3.49. The molecule has 0 saturated heterocycles. The minimum Gasteiger partial charge on any atom is -0.369 e. The number of halogens is 1. The molecular weight excluding hydrogens is 299 g/mol. The topological polar surface area (TPSA) is 45.1 Å². The first kappa shape index (κ1) is 14.9. The van der Waals surface area contributed by atoms with Gasteiger partial charge in [-0.1, -0.05) is 36.5 Å². The molecule has 22 heavy (non-hydrogen) atoms. The Bertz CT molecular complexity index is 783. The van der Waals surface area contributed by atoms with Gasteiger partial charge in [0.1, 0.15) is 5.82 Å². The average molecular weight is 316 g/mol. The third-order valence-corrected chi connectivity index (χ3v) is 4.75. The molecule has 0 aliphatic rings. The Hall–Kier alpha value is -1.98. The van der Waals surface area contributed by atoms with Gasteiger partial charge >= 0.3 is 0 Å². The number of aliphatic hydroxyl groups is 1. The molecule has 3 nitrogen and oxygen atoms in total. The van der Waals surface area contributed by atoms with Crippen LogP contribution in [-0.4, -0.2) is 10.1 Å². The summed E-state index contributed by atoms with van der Waals surface area (Å²) in [7, 11) is 0. The Balaban J connectivity index is 1.89. The largest absolute Gasteiger partial charge is 0.369 e. The summed E-state index contributed by atoms with van der Waals surface area (Å²) in [5.74, 6) is -0.226. The number of aromatic nitrogens is 1. The highest BCUT2D eigenvalue weighted by atomic mass is 32.1. The second-order valence-corrected chi connectivity index (χ2v) is 6.16. The quantitative estimate of drug-likeness (QED) is 0.701. The number of thiazole rings is 1. The van der Waals surface area contributed by atoms with Gasteiger partial charge in [0.25, 0.3) is 0 Å². The van der Waals surface area contributed by atoms with Crippen molar-refractivity contribution in [1.82, 2.24) is 4.98 Å². The Labute approximate surface area is 132 Å². The first-order valence-corrected chi connectivity index (χ1v) is 8.00. The van der Waals surface area contributed by atoms with Crippen molar-refractivity contribution in [2.24, 2.45) is 0 Å². The van der Waals surface area contributed by atoms with E-state index in [4.69, 9.17) is 0 Å². The van der Waals surface area contributed by atoms with Gasteiger partial charge in [0, 0.05) is 5.56 Å². The van der Waals surface area contributed by atoms with Gasteiger partial charge in [0.05, 0.1) is 10.2 Å². The maximum absolute atomic E-state index is 13.7. The SMILES string of the molecule is CCc1c(F)ccc(C(O)Nc2nc3ccccc3s2)c1C. The summed E-state index contributed by atoms with van der Waals surface area (Å²) in [6.45, 7) is 3.74. The van der Waals surface area contributed by atoms with E-state index in [2.05, 4.69) is 10.3 Å². The van der Waals surface area contributed by atoms with Crippen molar-refractivity contribution in [3.63, 3.8) is 0 Å². The van der Waals surface area contributed by atoms with Crippen LogP contribution >= 0.6 is 11.3 Å². The number of nitrogens with zero attached hydrogens (tertiary/aromatic N) is 1. The molecule has 5 heteroatoms. The predicted molar refractivity (Wildman–Crippen MR) is 88.7 cm³/mol. The highest BCUT2D eigenvalue weighted by Gasteiger charge is 2.16. The van der Waals surface area contributed by atoms with Crippen molar-refractivity contribution in [3.05, 3.63) is 58.9 Å². The molecule has 0 spiro atoms. The lowest BCUT2D eigenvalue weighted by Crippen LogP contribution is -2.12. The molecule has 0 aliphatic heterocycles. The lowest BCUT2D eigenvalue weighted by Gasteiger charge is -2.17. The Kier molecular flexibility index (Phi) is 4.09. The van der Waals surface area contributed by atoms with Gasteiger partial charge in [-0.2, -0.15) is 0 Å². The van der Waals surface area contributed by atoms with Crippen LogP contribution in [-0.2, 0) is 6.42 Å². The third-order valence-electron chi connectivity index (χ3n) is 3.79. The minimum absolute atomic E-state index is 0.226. The van der Waals surface area contributed by atoms with Crippen molar-refractivity contribution in [3.8, 4) is 0 Å². The van der Waals surface area contributed by atoms with Gasteiger partial charge in [-0.25, -0.2) is 9.37 Å². The van der Waals surface area contributed by atoms with Gasteiger partial charge in [-0.15, -0.1) is 0 Å². The van der Waals surface area contributed by atoms with Crippen LogP contribution in [0.3, 0.4) is 0 Å². The molecular formula is C17H17FN2OS. The molecule has 0 saturated carbocycles. The van der Waals surface area contributed by atoms with E-state index in [0.29, 0.717) is 22.7 Å². The molecule has 1 unspecified atom stereocenters. The lowest BCUT2D eigenvalue weighted by molar-refractivity contribution is 0.207. The molecule has 0 radical (unpaired) electrons. The number of hydrogen-bond acceptors (Lipinski definition) is 4. The summed E-state index contributed by atoms with van der Waals surface area (Å²) in [4.78, 5) is 4.44. The summed E-state index contributed by atoms with van der Waals surface area (Å²) in [6, 6.07) is 10.8. The van der Waals surface area contributed by atoms with E-state index >= 15 is 0 Å². The van der Waals surface area contributed by atoms with Gasteiger partial charge < -0.3 is 10.4 Å². The summed E-state index contributed by atoms with van der Waals surface area (Å²) < 4.78 is 14.8. The average Bonchev–Trinajstić information content (AvgIpc) is 2.89. The summed E-state index contributed by atoms with van der Waals surface area (Å²) in [5.41, 5.74) is 3.00. The van der Waals surface area contributed by atoms with Crippen LogP contribution in [0, 0.1) is 12.7 Å². The molecule has 1 heterocycles. The highest BCUT2D eigenvalue weighted by molar-refractivity contribution is 7.22. The molecule has 2 aromatic carbocycles. The normalized spacial score (nSPS) is 12.5. The fraction of sp³-hybridized carbons (Fsp3) is 0.235. The molecule has 2 N–H and O–H groups in total. The molecule has 1 atom stereocenters. The maximum Gasteiger partial charge on any atom is 0.186 e. The van der Waals surface area contributed by atoms with Crippen LogP contribution in [0.4, 0.5) is 9.52 Å². The Morgan fingerprint density at radius 2 is 2.05 bits per heavy atom. The zero-order chi connectivity index (χ0) is 15.7. The minimum atomic E-state index is -0.911. The van der Waals surface area contributed by atoms with E-state index in [1.807, 2.05) is 38.1 Å². The van der Waals surface area contributed by atoms with Crippen molar-refractivity contribution < 1.29 is 9.50 Å². The summed E-state index contributed by atoms with van der Waals surface area (Å²) in [5, 5.41) is 14.1. The van der Waals surface area contributed by atoms with Crippen molar-refractivity contribution >= 4 is 26.7 Å². The van der Waals surface area contributed by atoms with Gasteiger partial charge in [-0.3, -0.25) is 0 Å². The van der Waals surface area contributed by atoms with Crippen molar-refractivity contribution in [2.45, 2.75) is 26.5 Å². The second-order valence-electron chi connectivity index (χ2n) is 5.13. The van der Waals surface area contributed by atoms with Crippen LogP contribution in [0.25, 0.3) is 10.2 Å². The molecule has 0 bridgehead atoms. The Morgan fingerprint density at radius 3 is 2.77 bits per heavy atom. The van der Waals surface area contributed by atoms with Crippen LogP contribution < -0.4 is 5.32 Å². The number of fused-ring (bicyclic) bond motifs is 1. The maximum atomic E-state index is 13.7. The molecule has 114 valence electrons. The molecule has 0 amide bonds. The van der Waals surface area contributed by atoms with E-state index in [0.717, 1.165) is 15.8 Å². The standard InChI is InChI=1S/C17H17FN2OS/c1-3-11-10(2)12(8-9-13(11)18)16(21)20-17-19-14-6-4-5-7-15(14)22-17/h4-9,16,21H,3H2,1-2H3,(H,19,20). The number of benzene rings is 2. The highest BCUT2D eigenvalue weighted by Crippen LogP contribution is 2.29. The van der Waals surface area contributed by atoms with Gasteiger partial charge in [0.15, 0.2) is 11.4 Å². The molecule has 0 fully saturated rings. The van der Waals surface area contributed by atoms with E-state index in [-0.39, 0.29) is 5.82 Å². The smallest absolute Gasteiger partial charge is 0.186 e. The second kappa shape index (κ2) is 6.02. The van der Waals surface area contributed by atoms with Crippen molar-refractivity contribution in [1.29, 1.82) is 0 Å². The fourth-order valence-electron chi connectivity index (χ4n) is 2.60. The molecule has 0 aliphatic carbocycles. The van der Waals surface area contributed by atoms with Crippen LogP contribution in [0.5, 0.6) is 0 Å². The number of para-hydroxylation sites is 1. The predicted octanol–water partition coefficient (Wildman–Crippen LogP) is 4.41. The van der Waals surface area contributed by atoms with E-state index < -0.39 is 6.23 Å². The summed E-state index contributed by atoms with van der Waals surface area (Å²) >= 11 is 1.48. The summed E-state index contributed by atoms with van der Waals surface area (Å²) in [6.07, 6.45) is -0.314. The number of aliphatic hydroxyl groups excluding tert-OH is 1. The van der Waals surface area contributed by atoms with Crippen LogP contribution in [0.2, 0.25) is 0 Å². The molecule has 1 aromatic heterocycles. The van der Waals surface area contributed by atoms with E-state index in [9.17, 15) is 9.50 Å². The monoisotopic (exact) mass is 316 g/mol. The number of anilines is 1. The van der Waals surface area contributed by atoms with Crippen LogP contribution in [0.1, 0.15) is 29.8 Å². The first-order valence-electron chi connectivity index (χ1n) is 7.18. The molecule has 3 aromatic rings. The molecule has 3 rings (SSSR count). The number of nitrogens with one attached hydrogen (secondary N) is 1. The van der Waals surface area contributed by atoms with E-state index in [1.165, 1.54) is 17.4 Å². The van der Waals surface area contributed by atoms with E-state index in [1.54, 1.807) is 6.07 Å². The zero-order valence-corrected chi connectivity index (χ0v) is 13.2. The van der Waals surface area contributed by atoms with Crippen molar-refractivity contribution in [2.75, 3.05) is 5.32 Å². The number of hydrogen-bond donors (Lipinski definition) is 2.